The minimum absolute atomic E-state index is 0.0289. The molecular weight excluding hydrogens is 416 g/mol. The molecule has 156 valence electrons. The molecule has 5 rings (SSSR count). The molecule has 2 heterocycles. The van der Waals surface area contributed by atoms with Crippen LogP contribution in [0.5, 0.6) is 0 Å². The summed E-state index contributed by atoms with van der Waals surface area (Å²) in [5, 5.41) is 2.99. The Bertz CT molecular complexity index is 1360. The van der Waals surface area contributed by atoms with Crippen LogP contribution in [0.15, 0.2) is 77.0 Å². The van der Waals surface area contributed by atoms with Gasteiger partial charge in [0.05, 0.1) is 16.2 Å². The van der Waals surface area contributed by atoms with Crippen molar-refractivity contribution in [3.63, 3.8) is 0 Å². The number of Topliss-reactive ketones (excluding diaryl/α,β-unsaturated/α-hetero) is 2. The van der Waals surface area contributed by atoms with Crippen molar-refractivity contribution in [2.75, 3.05) is 6.54 Å². The van der Waals surface area contributed by atoms with E-state index in [1.165, 1.54) is 36.5 Å². The number of aryl methyl sites for hydroxylation is 1. The van der Waals surface area contributed by atoms with Gasteiger partial charge in [0.2, 0.25) is 5.78 Å². The lowest BCUT2D eigenvalue weighted by molar-refractivity contribution is -0.110. The molecule has 0 fully saturated rings. The van der Waals surface area contributed by atoms with Gasteiger partial charge in [-0.15, -0.1) is 0 Å². The summed E-state index contributed by atoms with van der Waals surface area (Å²) in [6, 6.07) is 7.66. The van der Waals surface area contributed by atoms with Crippen molar-refractivity contribution in [2.45, 2.75) is 18.2 Å². The van der Waals surface area contributed by atoms with E-state index in [-0.39, 0.29) is 33.2 Å². The van der Waals surface area contributed by atoms with Crippen LogP contribution < -0.4 is 5.32 Å². The van der Waals surface area contributed by atoms with Gasteiger partial charge in [0.15, 0.2) is 11.6 Å². The van der Waals surface area contributed by atoms with E-state index in [4.69, 9.17) is 0 Å². The first-order valence-electron chi connectivity index (χ1n) is 9.79. The standard InChI is InChI=1S/C23H18N2O5S/c1-14-2-4-16(5-3-14)31(29,30)25-13-8-17-20(25)22(28)19-18(21(17)27)23(11-12-24-19)9-6-15(26)7-10-23/h2-10,13,24H,11-12H2,1H3. The Hall–Kier alpha value is -3.52. The number of ketones is 3. The summed E-state index contributed by atoms with van der Waals surface area (Å²) in [4.78, 5) is 38.6. The van der Waals surface area contributed by atoms with E-state index < -0.39 is 27.0 Å². The number of aromatic nitrogens is 1. The summed E-state index contributed by atoms with van der Waals surface area (Å²) in [6.45, 7) is 2.25. The molecule has 0 saturated carbocycles. The molecule has 1 spiro atoms. The van der Waals surface area contributed by atoms with Crippen molar-refractivity contribution in [1.82, 2.24) is 9.29 Å². The zero-order valence-corrected chi connectivity index (χ0v) is 17.4. The zero-order valence-electron chi connectivity index (χ0n) is 16.6. The van der Waals surface area contributed by atoms with E-state index in [2.05, 4.69) is 5.32 Å². The van der Waals surface area contributed by atoms with Crippen LogP contribution in [0.2, 0.25) is 0 Å². The largest absolute Gasteiger partial charge is 0.381 e. The summed E-state index contributed by atoms with van der Waals surface area (Å²) in [7, 11) is -4.07. The fourth-order valence-electron chi connectivity index (χ4n) is 4.36. The first kappa shape index (κ1) is 19.4. The molecule has 1 aliphatic heterocycles. The summed E-state index contributed by atoms with van der Waals surface area (Å²) < 4.78 is 27.3. The molecule has 1 aromatic carbocycles. The maximum atomic E-state index is 13.5. The van der Waals surface area contributed by atoms with Crippen LogP contribution in [0.4, 0.5) is 0 Å². The van der Waals surface area contributed by atoms with Gasteiger partial charge in [0, 0.05) is 23.7 Å². The second kappa shape index (κ2) is 6.49. The van der Waals surface area contributed by atoms with Crippen LogP contribution in [0.1, 0.15) is 32.8 Å². The Morgan fingerprint density at radius 2 is 1.65 bits per heavy atom. The van der Waals surface area contributed by atoms with Crippen LogP contribution >= 0.6 is 0 Å². The summed E-state index contributed by atoms with van der Waals surface area (Å²) >= 11 is 0. The van der Waals surface area contributed by atoms with E-state index in [1.807, 2.05) is 6.92 Å². The molecule has 1 N–H and O–H groups in total. The normalized spacial score (nSPS) is 19.5. The van der Waals surface area contributed by atoms with Gasteiger partial charge in [-0.1, -0.05) is 29.8 Å². The average Bonchev–Trinajstić information content (AvgIpc) is 3.21. The quantitative estimate of drug-likeness (QED) is 0.778. The van der Waals surface area contributed by atoms with Crippen molar-refractivity contribution in [3.05, 3.63) is 88.9 Å². The van der Waals surface area contributed by atoms with E-state index in [1.54, 1.807) is 24.3 Å². The SMILES string of the molecule is Cc1ccc(S(=O)(=O)n2ccc3c2C(=O)C2=C(C3=O)C3(C=CC(=O)C=C3)CCN2)cc1. The third-order valence-corrected chi connectivity index (χ3v) is 7.68. The van der Waals surface area contributed by atoms with Crippen LogP contribution in [0.3, 0.4) is 0 Å². The number of hydrogen-bond acceptors (Lipinski definition) is 6. The monoisotopic (exact) mass is 434 g/mol. The maximum Gasteiger partial charge on any atom is 0.268 e. The Balaban J connectivity index is 1.67. The average molecular weight is 434 g/mol. The number of nitrogens with one attached hydrogen (secondary N) is 1. The number of rotatable bonds is 2. The van der Waals surface area contributed by atoms with Crippen molar-refractivity contribution < 1.29 is 22.8 Å². The highest BCUT2D eigenvalue weighted by atomic mass is 32.2. The molecule has 0 bridgehead atoms. The number of hydrogen-bond donors (Lipinski definition) is 1. The Morgan fingerprint density at radius 1 is 0.968 bits per heavy atom. The minimum atomic E-state index is -4.07. The minimum Gasteiger partial charge on any atom is -0.381 e. The molecular formula is C23H18N2O5S. The fourth-order valence-corrected chi connectivity index (χ4v) is 5.71. The van der Waals surface area contributed by atoms with Crippen LogP contribution in [0, 0.1) is 12.3 Å². The molecule has 7 nitrogen and oxygen atoms in total. The molecule has 3 aliphatic rings. The highest BCUT2D eigenvalue weighted by Gasteiger charge is 2.47. The number of nitrogens with zero attached hydrogens (tertiary/aromatic N) is 1. The predicted octanol–water partition coefficient (Wildman–Crippen LogP) is 2.34. The summed E-state index contributed by atoms with van der Waals surface area (Å²) in [5.41, 5.74) is 0.248. The molecule has 1 aromatic heterocycles. The van der Waals surface area contributed by atoms with E-state index in [9.17, 15) is 22.8 Å². The van der Waals surface area contributed by atoms with Gasteiger partial charge < -0.3 is 5.32 Å². The van der Waals surface area contributed by atoms with Crippen LogP contribution in [0.25, 0.3) is 0 Å². The lowest BCUT2D eigenvalue weighted by atomic mass is 9.67. The molecule has 0 atom stereocenters. The molecule has 31 heavy (non-hydrogen) atoms. The van der Waals surface area contributed by atoms with Crippen molar-refractivity contribution in [2.24, 2.45) is 5.41 Å². The van der Waals surface area contributed by atoms with Gasteiger partial charge >= 0.3 is 0 Å². The Kier molecular flexibility index (Phi) is 4.07. The molecule has 2 aromatic rings. The molecule has 2 aliphatic carbocycles. The highest BCUT2D eigenvalue weighted by molar-refractivity contribution is 7.90. The van der Waals surface area contributed by atoms with Crippen molar-refractivity contribution >= 4 is 27.4 Å². The Morgan fingerprint density at radius 3 is 2.32 bits per heavy atom. The first-order chi connectivity index (χ1) is 14.7. The number of carbonyl (C=O) groups is 3. The van der Waals surface area contributed by atoms with E-state index in [0.717, 1.165) is 9.54 Å². The smallest absolute Gasteiger partial charge is 0.268 e. The first-order valence-corrected chi connectivity index (χ1v) is 11.2. The molecule has 0 saturated heterocycles. The lowest BCUT2D eigenvalue weighted by Crippen LogP contribution is -2.44. The molecule has 0 radical (unpaired) electrons. The number of benzene rings is 1. The summed E-state index contributed by atoms with van der Waals surface area (Å²) in [6.07, 6.45) is 7.86. The van der Waals surface area contributed by atoms with Gasteiger partial charge in [0.1, 0.15) is 5.69 Å². The third kappa shape index (κ3) is 2.71. The van der Waals surface area contributed by atoms with E-state index in [0.29, 0.717) is 13.0 Å². The molecule has 0 amide bonds. The van der Waals surface area contributed by atoms with Crippen LogP contribution in [-0.2, 0) is 14.8 Å². The predicted molar refractivity (Wildman–Crippen MR) is 112 cm³/mol. The van der Waals surface area contributed by atoms with Gasteiger partial charge in [-0.05, 0) is 43.7 Å². The second-order valence-corrected chi connectivity index (χ2v) is 9.70. The highest BCUT2D eigenvalue weighted by Crippen LogP contribution is 2.45. The lowest BCUT2D eigenvalue weighted by Gasteiger charge is -2.38. The van der Waals surface area contributed by atoms with Gasteiger partial charge in [-0.25, -0.2) is 12.4 Å². The number of allylic oxidation sites excluding steroid dienone is 6. The van der Waals surface area contributed by atoms with E-state index >= 15 is 0 Å². The van der Waals surface area contributed by atoms with Crippen LogP contribution in [-0.4, -0.2) is 36.3 Å². The maximum absolute atomic E-state index is 13.5. The number of fused-ring (bicyclic) bond motifs is 2. The van der Waals surface area contributed by atoms with Gasteiger partial charge in [-0.2, -0.15) is 0 Å². The third-order valence-electron chi connectivity index (χ3n) is 5.99. The topological polar surface area (TPSA) is 102 Å². The second-order valence-electron chi connectivity index (χ2n) is 7.89. The number of carbonyl (C=O) groups excluding carboxylic acids is 3. The van der Waals surface area contributed by atoms with Crippen molar-refractivity contribution in [1.29, 1.82) is 0 Å². The zero-order chi connectivity index (χ0) is 22.0. The summed E-state index contributed by atoms with van der Waals surface area (Å²) in [5.74, 6) is -1.15. The van der Waals surface area contributed by atoms with Crippen molar-refractivity contribution in [3.8, 4) is 0 Å². The fraction of sp³-hybridized carbons (Fsp3) is 0.174. The molecule has 8 heteroatoms. The van der Waals surface area contributed by atoms with Gasteiger partial charge in [-0.3, -0.25) is 14.4 Å². The van der Waals surface area contributed by atoms with Gasteiger partial charge in [0.25, 0.3) is 10.0 Å². The molecule has 0 unspecified atom stereocenters. The Labute approximate surface area is 178 Å².